The van der Waals surface area contributed by atoms with Crippen LogP contribution in [0.5, 0.6) is 0 Å². The molecule has 1 rings (SSSR count). The first-order valence-electron chi connectivity index (χ1n) is 4.58. The van der Waals surface area contributed by atoms with Crippen molar-refractivity contribution < 1.29 is 13.7 Å². The van der Waals surface area contributed by atoms with Crippen LogP contribution in [-0.2, 0) is 0 Å². The molecule has 0 amide bonds. The zero-order valence-electron chi connectivity index (χ0n) is 9.15. The molecule has 0 fully saturated rings. The Balaban J connectivity index is 3.21. The van der Waals surface area contributed by atoms with Crippen LogP contribution in [0.3, 0.4) is 0 Å². The summed E-state index contributed by atoms with van der Waals surface area (Å²) >= 11 is 0. The van der Waals surface area contributed by atoms with E-state index in [1.54, 1.807) is 0 Å². The van der Waals surface area contributed by atoms with E-state index in [9.17, 15) is 18.9 Å². The van der Waals surface area contributed by atoms with Crippen LogP contribution >= 0.6 is 0 Å². The predicted molar refractivity (Wildman–Crippen MR) is 61.6 cm³/mol. The van der Waals surface area contributed by atoms with Crippen LogP contribution in [0.2, 0.25) is 0 Å². The maximum Gasteiger partial charge on any atom is 0.297 e. The van der Waals surface area contributed by atoms with Crippen molar-refractivity contribution >= 4 is 22.9 Å². The summed E-state index contributed by atoms with van der Waals surface area (Å²) in [5.41, 5.74) is 5.17. The number of halogens is 2. The number of anilines is 1. The Kier molecular flexibility index (Phi) is 4.04. The van der Waals surface area contributed by atoms with Gasteiger partial charge in [0.2, 0.25) is 5.71 Å². The minimum atomic E-state index is -1.40. The first-order valence-corrected chi connectivity index (χ1v) is 4.58. The fourth-order valence-corrected chi connectivity index (χ4v) is 1.04. The Hall–Kier alpha value is -3.09. The number of nitro benzene ring substituents is 1. The number of nitrogens with one attached hydrogen (secondary N) is 2. The maximum atomic E-state index is 13.0. The second kappa shape index (κ2) is 5.50. The van der Waals surface area contributed by atoms with Gasteiger partial charge in [0.05, 0.1) is 11.0 Å². The quantitative estimate of drug-likeness (QED) is 0.324. The third-order valence-electron chi connectivity index (χ3n) is 1.88. The highest BCUT2D eigenvalue weighted by atomic mass is 19.2. The SMILES string of the molecule is N#C/C(=N\Nc1cc(F)c(F)cc1[N+](=O)[O-])C(=N)N. The summed E-state index contributed by atoms with van der Waals surface area (Å²) in [6, 6.07) is 2.32. The number of benzene rings is 1. The number of nitro groups is 1. The molecule has 0 heterocycles. The van der Waals surface area contributed by atoms with Crippen molar-refractivity contribution in [1.82, 2.24) is 0 Å². The Labute approximate surface area is 104 Å². The van der Waals surface area contributed by atoms with E-state index in [2.05, 4.69) is 5.10 Å². The van der Waals surface area contributed by atoms with Crippen molar-refractivity contribution in [2.75, 3.05) is 5.43 Å². The molecular formula is C9H6F2N6O2. The van der Waals surface area contributed by atoms with Crippen LogP contribution in [0.1, 0.15) is 0 Å². The standard InChI is InChI=1S/C9H6F2N6O2/c10-4-1-6(8(17(18)19)2-5(4)11)15-16-7(3-12)9(13)14/h1-2,15H,(H3,13,14)/b16-7+. The van der Waals surface area contributed by atoms with Gasteiger partial charge in [-0.15, -0.1) is 0 Å². The number of hydrogen-bond acceptors (Lipinski definition) is 6. The van der Waals surface area contributed by atoms with Crippen LogP contribution in [0, 0.1) is 38.5 Å². The van der Waals surface area contributed by atoms with Gasteiger partial charge in [0.1, 0.15) is 11.8 Å². The Bertz CT molecular complexity index is 622. The van der Waals surface area contributed by atoms with Crippen LogP contribution < -0.4 is 11.2 Å². The molecule has 98 valence electrons. The number of rotatable bonds is 4. The molecule has 0 aliphatic carbocycles. The Morgan fingerprint density at radius 3 is 2.58 bits per heavy atom. The summed E-state index contributed by atoms with van der Waals surface area (Å²) in [4.78, 5) is 9.67. The highest BCUT2D eigenvalue weighted by Crippen LogP contribution is 2.27. The smallest absolute Gasteiger partial charge is 0.297 e. The van der Waals surface area contributed by atoms with E-state index in [1.807, 2.05) is 5.43 Å². The minimum Gasteiger partial charge on any atom is -0.382 e. The first-order chi connectivity index (χ1) is 8.86. The Morgan fingerprint density at radius 1 is 1.53 bits per heavy atom. The molecule has 0 saturated heterocycles. The van der Waals surface area contributed by atoms with E-state index in [-0.39, 0.29) is 0 Å². The number of hydrazone groups is 1. The summed E-state index contributed by atoms with van der Waals surface area (Å²) in [6.45, 7) is 0. The zero-order chi connectivity index (χ0) is 14.6. The van der Waals surface area contributed by atoms with Crippen molar-refractivity contribution in [3.63, 3.8) is 0 Å². The lowest BCUT2D eigenvalue weighted by molar-refractivity contribution is -0.384. The highest BCUT2D eigenvalue weighted by molar-refractivity contribution is 6.45. The van der Waals surface area contributed by atoms with Crippen molar-refractivity contribution in [3.05, 3.63) is 33.9 Å². The lowest BCUT2D eigenvalue weighted by Crippen LogP contribution is -2.22. The van der Waals surface area contributed by atoms with Gasteiger partial charge in [0.15, 0.2) is 17.5 Å². The summed E-state index contributed by atoms with van der Waals surface area (Å²) in [7, 11) is 0. The van der Waals surface area contributed by atoms with Gasteiger partial charge in [-0.1, -0.05) is 0 Å². The first kappa shape index (κ1) is 14.0. The molecule has 0 atom stereocenters. The van der Waals surface area contributed by atoms with Gasteiger partial charge in [0, 0.05) is 6.07 Å². The number of hydrogen-bond donors (Lipinski definition) is 3. The fourth-order valence-electron chi connectivity index (χ4n) is 1.04. The Morgan fingerprint density at radius 2 is 2.11 bits per heavy atom. The molecule has 4 N–H and O–H groups in total. The molecule has 8 nitrogen and oxygen atoms in total. The second-order valence-corrected chi connectivity index (χ2v) is 3.14. The predicted octanol–water partition coefficient (Wildman–Crippen LogP) is 1.10. The van der Waals surface area contributed by atoms with E-state index in [0.29, 0.717) is 12.1 Å². The normalized spacial score (nSPS) is 10.7. The molecule has 0 spiro atoms. The van der Waals surface area contributed by atoms with E-state index in [4.69, 9.17) is 16.4 Å². The van der Waals surface area contributed by atoms with Gasteiger partial charge in [0.25, 0.3) is 5.69 Å². The summed E-state index contributed by atoms with van der Waals surface area (Å²) < 4.78 is 25.8. The van der Waals surface area contributed by atoms with Gasteiger partial charge in [-0.25, -0.2) is 8.78 Å². The molecule has 1 aromatic rings. The molecule has 0 aromatic heterocycles. The average Bonchev–Trinajstić information content (AvgIpc) is 2.33. The number of amidine groups is 1. The molecule has 19 heavy (non-hydrogen) atoms. The van der Waals surface area contributed by atoms with Crippen molar-refractivity contribution in [2.24, 2.45) is 10.8 Å². The molecule has 10 heteroatoms. The fraction of sp³-hybridized carbons (Fsp3) is 0. The van der Waals surface area contributed by atoms with Gasteiger partial charge in [-0.05, 0) is 0 Å². The molecule has 0 bridgehead atoms. The molecule has 0 unspecified atom stereocenters. The third-order valence-corrected chi connectivity index (χ3v) is 1.88. The number of nitrogens with two attached hydrogens (primary N) is 1. The molecule has 0 aliphatic heterocycles. The number of nitrogens with zero attached hydrogens (tertiary/aromatic N) is 3. The zero-order valence-corrected chi connectivity index (χ0v) is 9.15. The van der Waals surface area contributed by atoms with E-state index in [1.165, 1.54) is 6.07 Å². The monoisotopic (exact) mass is 268 g/mol. The minimum absolute atomic E-state index is 0.368. The van der Waals surface area contributed by atoms with Crippen LogP contribution in [0.15, 0.2) is 17.2 Å². The largest absolute Gasteiger partial charge is 0.382 e. The lowest BCUT2D eigenvalue weighted by Gasteiger charge is -2.03. The number of nitriles is 1. The van der Waals surface area contributed by atoms with Crippen molar-refractivity contribution in [3.8, 4) is 6.07 Å². The van der Waals surface area contributed by atoms with Gasteiger partial charge in [-0.3, -0.25) is 20.9 Å². The summed E-state index contributed by atoms with van der Waals surface area (Å²) in [5, 5.41) is 29.4. The van der Waals surface area contributed by atoms with Crippen molar-refractivity contribution in [2.45, 2.75) is 0 Å². The van der Waals surface area contributed by atoms with Gasteiger partial charge >= 0.3 is 0 Å². The molecule has 1 aromatic carbocycles. The highest BCUT2D eigenvalue weighted by Gasteiger charge is 2.18. The third kappa shape index (κ3) is 3.19. The van der Waals surface area contributed by atoms with E-state index >= 15 is 0 Å². The molecule has 0 saturated carbocycles. The van der Waals surface area contributed by atoms with E-state index < -0.39 is 39.5 Å². The van der Waals surface area contributed by atoms with Crippen LogP contribution in [0.25, 0.3) is 0 Å². The van der Waals surface area contributed by atoms with Crippen LogP contribution in [-0.4, -0.2) is 16.5 Å². The second-order valence-electron chi connectivity index (χ2n) is 3.14. The summed E-state index contributed by atoms with van der Waals surface area (Å²) in [5.74, 6) is -3.40. The molecule has 0 aliphatic rings. The lowest BCUT2D eigenvalue weighted by atomic mass is 10.2. The topological polar surface area (TPSA) is 141 Å². The van der Waals surface area contributed by atoms with Gasteiger partial charge < -0.3 is 5.73 Å². The summed E-state index contributed by atoms with van der Waals surface area (Å²) in [6.07, 6.45) is 0. The molecular weight excluding hydrogens is 262 g/mol. The van der Waals surface area contributed by atoms with Gasteiger partial charge in [-0.2, -0.15) is 10.4 Å². The van der Waals surface area contributed by atoms with Crippen molar-refractivity contribution in [1.29, 1.82) is 10.7 Å². The van der Waals surface area contributed by atoms with Crippen LogP contribution in [0.4, 0.5) is 20.2 Å². The average molecular weight is 268 g/mol. The van der Waals surface area contributed by atoms with E-state index in [0.717, 1.165) is 0 Å². The molecule has 0 radical (unpaired) electrons. The maximum absolute atomic E-state index is 13.0.